The van der Waals surface area contributed by atoms with E-state index in [-0.39, 0.29) is 0 Å². The predicted octanol–water partition coefficient (Wildman–Crippen LogP) is 2.56. The maximum atomic E-state index is 5.87. The first-order valence-electron chi connectivity index (χ1n) is 5.74. The molecule has 0 saturated carbocycles. The number of rotatable bonds is 0. The lowest BCUT2D eigenvalue weighted by Crippen LogP contribution is -2.34. The normalized spacial score (nSPS) is 17.8. The first-order chi connectivity index (χ1) is 8.34. The number of fused-ring (bicyclic) bond motifs is 5. The van der Waals surface area contributed by atoms with E-state index in [1.165, 1.54) is 0 Å². The van der Waals surface area contributed by atoms with Crippen LogP contribution in [0.25, 0.3) is 11.0 Å². The van der Waals surface area contributed by atoms with Gasteiger partial charge < -0.3 is 9.32 Å². The summed E-state index contributed by atoms with van der Waals surface area (Å²) in [5, 5.41) is 1.07. The molecule has 4 nitrogen and oxygen atoms in total. The Morgan fingerprint density at radius 3 is 3.12 bits per heavy atom. The van der Waals surface area contributed by atoms with Crippen molar-refractivity contribution in [3.63, 3.8) is 0 Å². The molecule has 0 bridgehead atoms. The van der Waals surface area contributed by atoms with Crippen molar-refractivity contribution in [3.05, 3.63) is 30.0 Å². The van der Waals surface area contributed by atoms with Crippen LogP contribution < -0.4 is 0 Å². The summed E-state index contributed by atoms with van der Waals surface area (Å²) < 4.78 is 5.87. The van der Waals surface area contributed by atoms with E-state index in [1.54, 1.807) is 0 Å². The van der Waals surface area contributed by atoms with Crippen molar-refractivity contribution < 1.29 is 4.42 Å². The summed E-state index contributed by atoms with van der Waals surface area (Å²) in [6.07, 6.45) is 0. The Morgan fingerprint density at radius 2 is 2.18 bits per heavy atom. The Kier molecular flexibility index (Phi) is 1.57. The molecule has 2 aromatic rings. The van der Waals surface area contributed by atoms with Gasteiger partial charge in [0.05, 0.1) is 6.54 Å². The van der Waals surface area contributed by atoms with Crippen molar-refractivity contribution in [2.45, 2.75) is 6.92 Å². The molecule has 0 amide bonds. The molecule has 4 rings (SSSR count). The fourth-order valence-electron chi connectivity index (χ4n) is 2.47. The second-order valence-electron chi connectivity index (χ2n) is 4.29. The molecule has 84 valence electrons. The van der Waals surface area contributed by atoms with Crippen molar-refractivity contribution >= 4 is 28.3 Å². The maximum Gasteiger partial charge on any atom is 0.196 e. The van der Waals surface area contributed by atoms with Gasteiger partial charge in [0.1, 0.15) is 17.1 Å². The van der Waals surface area contributed by atoms with Crippen LogP contribution in [0.1, 0.15) is 12.7 Å². The molecular weight excluding hydrogens is 214 g/mol. The summed E-state index contributed by atoms with van der Waals surface area (Å²) in [5.74, 6) is 2.75. The van der Waals surface area contributed by atoms with Gasteiger partial charge in [-0.15, -0.1) is 0 Å². The Labute approximate surface area is 98.3 Å². The summed E-state index contributed by atoms with van der Waals surface area (Å²) in [5.41, 5.74) is 1.81. The Bertz CT molecular complexity index is 681. The number of hydrogen-bond acceptors (Lipinski definition) is 4. The fraction of sp³-hybridized carbons (Fsp3) is 0.231. The molecule has 0 aliphatic carbocycles. The Hall–Kier alpha value is -2.10. The number of hydrogen-bond donors (Lipinski definition) is 0. The van der Waals surface area contributed by atoms with E-state index in [2.05, 4.69) is 14.9 Å². The molecule has 4 heteroatoms. The third-order valence-corrected chi connectivity index (χ3v) is 3.28. The summed E-state index contributed by atoms with van der Waals surface area (Å²) in [7, 11) is 0. The van der Waals surface area contributed by atoms with Crippen LogP contribution in [-0.4, -0.2) is 29.7 Å². The number of furan rings is 1. The molecule has 0 atom stereocenters. The average molecular weight is 225 g/mol. The van der Waals surface area contributed by atoms with Gasteiger partial charge in [0.25, 0.3) is 0 Å². The lowest BCUT2D eigenvalue weighted by Gasteiger charge is -2.22. The topological polar surface area (TPSA) is 41.1 Å². The van der Waals surface area contributed by atoms with E-state index in [0.717, 1.165) is 47.2 Å². The molecule has 0 fully saturated rings. The van der Waals surface area contributed by atoms with E-state index < -0.39 is 0 Å². The highest BCUT2D eigenvalue weighted by molar-refractivity contribution is 6.18. The first-order valence-corrected chi connectivity index (χ1v) is 5.74. The van der Waals surface area contributed by atoms with Crippen LogP contribution in [-0.2, 0) is 0 Å². The molecule has 0 radical (unpaired) electrons. The Balaban J connectivity index is 2.10. The van der Waals surface area contributed by atoms with Crippen LogP contribution in [0.4, 0.5) is 5.69 Å². The molecule has 0 unspecified atom stereocenters. The van der Waals surface area contributed by atoms with Gasteiger partial charge in [-0.3, -0.25) is 4.99 Å². The van der Waals surface area contributed by atoms with E-state index in [4.69, 9.17) is 4.42 Å². The van der Waals surface area contributed by atoms with E-state index in [9.17, 15) is 0 Å². The SMILES string of the molecule is CC1=Nc2c(oc3ccccc23)C2=NCCN12. The number of para-hydroxylation sites is 1. The third-order valence-electron chi connectivity index (χ3n) is 3.28. The minimum atomic E-state index is 0.814. The molecule has 0 spiro atoms. The zero-order valence-electron chi connectivity index (χ0n) is 9.47. The van der Waals surface area contributed by atoms with Gasteiger partial charge in [-0.05, 0) is 19.1 Å². The highest BCUT2D eigenvalue weighted by Crippen LogP contribution is 2.37. The fourth-order valence-corrected chi connectivity index (χ4v) is 2.47. The summed E-state index contributed by atoms with van der Waals surface area (Å²) in [6.45, 7) is 3.74. The second kappa shape index (κ2) is 2.97. The van der Waals surface area contributed by atoms with E-state index >= 15 is 0 Å². The van der Waals surface area contributed by atoms with Crippen molar-refractivity contribution in [1.82, 2.24) is 4.90 Å². The predicted molar refractivity (Wildman–Crippen MR) is 67.1 cm³/mol. The summed E-state index contributed by atoms with van der Waals surface area (Å²) in [4.78, 5) is 11.3. The Morgan fingerprint density at radius 1 is 1.29 bits per heavy atom. The van der Waals surface area contributed by atoms with Crippen LogP contribution in [0.2, 0.25) is 0 Å². The van der Waals surface area contributed by atoms with E-state index in [0.29, 0.717) is 0 Å². The van der Waals surface area contributed by atoms with Crippen LogP contribution in [0.5, 0.6) is 0 Å². The van der Waals surface area contributed by atoms with Gasteiger partial charge in [0.15, 0.2) is 11.6 Å². The molecule has 2 aliphatic rings. The third kappa shape index (κ3) is 1.07. The lowest BCUT2D eigenvalue weighted by atomic mass is 10.2. The molecule has 1 aromatic heterocycles. The second-order valence-corrected chi connectivity index (χ2v) is 4.29. The van der Waals surface area contributed by atoms with Gasteiger partial charge in [-0.1, -0.05) is 12.1 Å². The molecule has 17 heavy (non-hydrogen) atoms. The van der Waals surface area contributed by atoms with Gasteiger partial charge in [0, 0.05) is 11.9 Å². The molecule has 0 N–H and O–H groups in total. The van der Waals surface area contributed by atoms with Gasteiger partial charge >= 0.3 is 0 Å². The van der Waals surface area contributed by atoms with Crippen LogP contribution in [0, 0.1) is 0 Å². The molecular formula is C13H11N3O. The zero-order valence-corrected chi connectivity index (χ0v) is 9.47. The number of amidine groups is 2. The quantitative estimate of drug-likeness (QED) is 0.691. The summed E-state index contributed by atoms with van der Waals surface area (Å²) in [6, 6.07) is 7.99. The van der Waals surface area contributed by atoms with Crippen molar-refractivity contribution in [1.29, 1.82) is 0 Å². The van der Waals surface area contributed by atoms with Gasteiger partial charge in [-0.25, -0.2) is 4.99 Å². The highest BCUT2D eigenvalue weighted by atomic mass is 16.3. The minimum Gasteiger partial charge on any atom is -0.450 e. The van der Waals surface area contributed by atoms with Crippen molar-refractivity contribution in [3.8, 4) is 0 Å². The molecule has 0 saturated heterocycles. The maximum absolute atomic E-state index is 5.87. The molecule has 3 heterocycles. The monoisotopic (exact) mass is 225 g/mol. The van der Waals surface area contributed by atoms with Gasteiger partial charge in [0.2, 0.25) is 0 Å². The standard InChI is InChI=1S/C13H11N3O/c1-8-15-11-9-4-2-3-5-10(9)17-12(11)13-14-6-7-16(8)13/h2-5H,6-7H2,1H3. The first kappa shape index (κ1) is 8.98. The summed E-state index contributed by atoms with van der Waals surface area (Å²) >= 11 is 0. The average Bonchev–Trinajstić information content (AvgIpc) is 2.93. The number of aliphatic imine (C=N–C) groups is 2. The number of benzene rings is 1. The van der Waals surface area contributed by atoms with Crippen molar-refractivity contribution in [2.24, 2.45) is 9.98 Å². The zero-order chi connectivity index (χ0) is 11.4. The van der Waals surface area contributed by atoms with Crippen molar-refractivity contribution in [2.75, 3.05) is 13.1 Å². The number of nitrogens with zero attached hydrogens (tertiary/aromatic N) is 3. The highest BCUT2D eigenvalue weighted by Gasteiger charge is 2.31. The largest absolute Gasteiger partial charge is 0.450 e. The van der Waals surface area contributed by atoms with Gasteiger partial charge in [-0.2, -0.15) is 0 Å². The smallest absolute Gasteiger partial charge is 0.196 e. The van der Waals surface area contributed by atoms with Crippen LogP contribution in [0.3, 0.4) is 0 Å². The molecule has 2 aliphatic heterocycles. The van der Waals surface area contributed by atoms with Crippen LogP contribution in [0.15, 0.2) is 38.7 Å². The van der Waals surface area contributed by atoms with Crippen LogP contribution >= 0.6 is 0 Å². The molecule has 1 aromatic carbocycles. The lowest BCUT2D eigenvalue weighted by molar-refractivity contribution is 0.574. The minimum absolute atomic E-state index is 0.814. The van der Waals surface area contributed by atoms with E-state index in [1.807, 2.05) is 31.2 Å².